The number of hydrogen-bond acceptors (Lipinski definition) is 4. The molecule has 19 heavy (non-hydrogen) atoms. The molecule has 0 spiro atoms. The van der Waals surface area contributed by atoms with Crippen molar-refractivity contribution in [3.05, 3.63) is 30.3 Å². The molecular formula is C15H22N2O2. The zero-order chi connectivity index (χ0) is 13.9. The maximum Gasteiger partial charge on any atom is 0.305 e. The van der Waals surface area contributed by atoms with Crippen molar-refractivity contribution in [2.45, 2.75) is 45.6 Å². The summed E-state index contributed by atoms with van der Waals surface area (Å²) in [6.45, 7) is 4.32. The molecule has 0 bridgehead atoms. The maximum absolute atomic E-state index is 11.1. The van der Waals surface area contributed by atoms with Gasteiger partial charge in [-0.25, -0.2) is 0 Å². The molecule has 1 aromatic rings. The average molecular weight is 262 g/mol. The first-order valence-corrected chi connectivity index (χ1v) is 6.84. The van der Waals surface area contributed by atoms with E-state index in [-0.39, 0.29) is 12.0 Å². The summed E-state index contributed by atoms with van der Waals surface area (Å²) >= 11 is 0. The molecule has 1 atom stereocenters. The second kappa shape index (κ2) is 9.25. The van der Waals surface area contributed by atoms with E-state index < -0.39 is 0 Å². The van der Waals surface area contributed by atoms with Crippen molar-refractivity contribution < 1.29 is 9.53 Å². The Morgan fingerprint density at radius 3 is 2.68 bits per heavy atom. The average Bonchev–Trinajstić information content (AvgIpc) is 2.43. The molecule has 4 heteroatoms. The Bertz CT molecular complexity index is 390. The van der Waals surface area contributed by atoms with Gasteiger partial charge in [-0.3, -0.25) is 4.79 Å². The molecule has 0 aliphatic carbocycles. The first-order chi connectivity index (χ1) is 9.22. The third kappa shape index (κ3) is 7.34. The van der Waals surface area contributed by atoms with Crippen molar-refractivity contribution in [2.75, 3.05) is 6.61 Å². The molecule has 0 fully saturated rings. The highest BCUT2D eigenvalue weighted by Gasteiger charge is 2.03. The van der Waals surface area contributed by atoms with E-state index in [1.165, 1.54) is 0 Å². The van der Waals surface area contributed by atoms with Crippen LogP contribution in [0.4, 0.5) is 5.69 Å². The summed E-state index contributed by atoms with van der Waals surface area (Å²) in [5.41, 5.74) is 0.876. The van der Waals surface area contributed by atoms with Gasteiger partial charge in [-0.05, 0) is 38.8 Å². The summed E-state index contributed by atoms with van der Waals surface area (Å²) in [5.74, 6) is -0.110. The van der Waals surface area contributed by atoms with Gasteiger partial charge in [0.15, 0.2) is 0 Å². The molecule has 0 aliphatic rings. The zero-order valence-electron chi connectivity index (χ0n) is 11.7. The molecule has 1 aromatic carbocycles. The standard InChI is InChI=1S/C15H22N2O2/c1-3-19-15(18)12-8-7-9-13(2)16-17-14-10-5-4-6-11-14/h4-6,10-11,13H,3,7-9,12H2,1-2H3. The third-order valence-electron chi connectivity index (χ3n) is 2.68. The molecule has 0 radical (unpaired) electrons. The van der Waals surface area contributed by atoms with E-state index in [2.05, 4.69) is 10.2 Å². The number of hydrogen-bond donors (Lipinski definition) is 0. The van der Waals surface area contributed by atoms with E-state index in [1.54, 1.807) is 0 Å². The van der Waals surface area contributed by atoms with E-state index in [1.807, 2.05) is 44.2 Å². The van der Waals surface area contributed by atoms with Gasteiger partial charge in [0, 0.05) is 6.42 Å². The summed E-state index contributed by atoms with van der Waals surface area (Å²) in [6.07, 6.45) is 3.25. The highest BCUT2D eigenvalue weighted by molar-refractivity contribution is 5.69. The van der Waals surface area contributed by atoms with Crippen molar-refractivity contribution in [1.82, 2.24) is 0 Å². The van der Waals surface area contributed by atoms with Gasteiger partial charge in [-0.15, -0.1) is 0 Å². The van der Waals surface area contributed by atoms with Gasteiger partial charge < -0.3 is 4.74 Å². The van der Waals surface area contributed by atoms with Gasteiger partial charge in [0.1, 0.15) is 0 Å². The summed E-state index contributed by atoms with van der Waals surface area (Å²) in [6, 6.07) is 9.88. The number of unbranched alkanes of at least 4 members (excludes halogenated alkanes) is 1. The topological polar surface area (TPSA) is 51.0 Å². The molecule has 0 N–H and O–H groups in total. The minimum atomic E-state index is -0.110. The second-order valence-corrected chi connectivity index (χ2v) is 4.45. The fraction of sp³-hybridized carbons (Fsp3) is 0.533. The van der Waals surface area contributed by atoms with Crippen molar-refractivity contribution >= 4 is 11.7 Å². The lowest BCUT2D eigenvalue weighted by atomic mass is 10.1. The lowest BCUT2D eigenvalue weighted by Gasteiger charge is -2.04. The maximum atomic E-state index is 11.1. The summed E-state index contributed by atoms with van der Waals surface area (Å²) in [4.78, 5) is 11.1. The molecule has 104 valence electrons. The SMILES string of the molecule is CCOC(=O)CCCCC(C)N=Nc1ccccc1. The predicted octanol–water partition coefficient (Wildman–Crippen LogP) is 4.28. The van der Waals surface area contributed by atoms with Crippen LogP contribution < -0.4 is 0 Å². The Hall–Kier alpha value is -1.71. The van der Waals surface area contributed by atoms with Crippen LogP contribution in [0.2, 0.25) is 0 Å². The lowest BCUT2D eigenvalue weighted by Crippen LogP contribution is -2.04. The first-order valence-electron chi connectivity index (χ1n) is 6.84. The van der Waals surface area contributed by atoms with Crippen LogP contribution >= 0.6 is 0 Å². The van der Waals surface area contributed by atoms with Gasteiger partial charge in [-0.1, -0.05) is 24.6 Å². The van der Waals surface area contributed by atoms with Crippen LogP contribution in [-0.4, -0.2) is 18.6 Å². The van der Waals surface area contributed by atoms with E-state index in [0.717, 1.165) is 24.9 Å². The van der Waals surface area contributed by atoms with Crippen LogP contribution in [0.15, 0.2) is 40.6 Å². The number of nitrogens with zero attached hydrogens (tertiary/aromatic N) is 2. The summed E-state index contributed by atoms with van der Waals surface area (Å²) < 4.78 is 4.87. The number of carbonyl (C=O) groups excluding carboxylic acids is 1. The summed E-state index contributed by atoms with van der Waals surface area (Å²) in [7, 11) is 0. The zero-order valence-corrected chi connectivity index (χ0v) is 11.7. The third-order valence-corrected chi connectivity index (χ3v) is 2.68. The van der Waals surface area contributed by atoms with Gasteiger partial charge in [0.25, 0.3) is 0 Å². The lowest BCUT2D eigenvalue weighted by molar-refractivity contribution is -0.143. The molecule has 0 aliphatic heterocycles. The van der Waals surface area contributed by atoms with E-state index in [4.69, 9.17) is 4.74 Å². The minimum Gasteiger partial charge on any atom is -0.466 e. The Morgan fingerprint density at radius 2 is 2.00 bits per heavy atom. The largest absolute Gasteiger partial charge is 0.466 e. The normalized spacial score (nSPS) is 12.5. The van der Waals surface area contributed by atoms with Crippen LogP contribution in [0.3, 0.4) is 0 Å². The fourth-order valence-electron chi connectivity index (χ4n) is 1.66. The Labute approximate surface area is 114 Å². The van der Waals surface area contributed by atoms with Crippen LogP contribution in [0.25, 0.3) is 0 Å². The van der Waals surface area contributed by atoms with Crippen molar-refractivity contribution in [2.24, 2.45) is 10.2 Å². The number of rotatable bonds is 8. The molecule has 0 saturated carbocycles. The number of carbonyl (C=O) groups is 1. The monoisotopic (exact) mass is 262 g/mol. The molecular weight excluding hydrogens is 240 g/mol. The van der Waals surface area contributed by atoms with Crippen LogP contribution in [-0.2, 0) is 9.53 Å². The van der Waals surface area contributed by atoms with E-state index in [0.29, 0.717) is 13.0 Å². The van der Waals surface area contributed by atoms with Crippen molar-refractivity contribution in [3.8, 4) is 0 Å². The van der Waals surface area contributed by atoms with Gasteiger partial charge in [0.2, 0.25) is 0 Å². The highest BCUT2D eigenvalue weighted by atomic mass is 16.5. The van der Waals surface area contributed by atoms with E-state index in [9.17, 15) is 4.79 Å². The van der Waals surface area contributed by atoms with Crippen molar-refractivity contribution in [3.63, 3.8) is 0 Å². The predicted molar refractivity (Wildman–Crippen MR) is 75.5 cm³/mol. The Kier molecular flexibility index (Phi) is 7.47. The van der Waals surface area contributed by atoms with Crippen LogP contribution in [0.1, 0.15) is 39.5 Å². The van der Waals surface area contributed by atoms with E-state index >= 15 is 0 Å². The Balaban J connectivity index is 2.16. The molecule has 1 unspecified atom stereocenters. The fourth-order valence-corrected chi connectivity index (χ4v) is 1.66. The van der Waals surface area contributed by atoms with Gasteiger partial charge >= 0.3 is 5.97 Å². The molecule has 0 aromatic heterocycles. The molecule has 4 nitrogen and oxygen atoms in total. The first kappa shape index (κ1) is 15.3. The smallest absolute Gasteiger partial charge is 0.305 e. The van der Waals surface area contributed by atoms with Gasteiger partial charge in [-0.2, -0.15) is 10.2 Å². The summed E-state index contributed by atoms with van der Waals surface area (Å²) in [5, 5.41) is 8.44. The highest BCUT2D eigenvalue weighted by Crippen LogP contribution is 2.13. The number of esters is 1. The minimum absolute atomic E-state index is 0.110. The molecule has 0 heterocycles. The molecule has 0 saturated heterocycles. The molecule has 1 rings (SSSR count). The number of azo groups is 1. The molecule has 0 amide bonds. The van der Waals surface area contributed by atoms with Crippen LogP contribution in [0.5, 0.6) is 0 Å². The second-order valence-electron chi connectivity index (χ2n) is 4.45. The van der Waals surface area contributed by atoms with Crippen LogP contribution in [0, 0.1) is 0 Å². The quantitative estimate of drug-likeness (QED) is 0.399. The van der Waals surface area contributed by atoms with Crippen molar-refractivity contribution in [1.29, 1.82) is 0 Å². The van der Waals surface area contributed by atoms with Gasteiger partial charge in [0.05, 0.1) is 18.3 Å². The number of ether oxygens (including phenoxy) is 1. The Morgan fingerprint density at radius 1 is 1.26 bits per heavy atom. The number of benzene rings is 1.